The number of nitrogens with zero attached hydrogens (tertiary/aromatic N) is 1. The summed E-state index contributed by atoms with van der Waals surface area (Å²) in [5.41, 5.74) is 0.166. The van der Waals surface area contributed by atoms with Gasteiger partial charge >= 0.3 is 12.0 Å². The first kappa shape index (κ1) is 20.6. The molecule has 1 heterocycles. The molecule has 0 aromatic heterocycles. The van der Waals surface area contributed by atoms with Crippen molar-refractivity contribution in [3.05, 3.63) is 45.1 Å². The molecule has 1 fully saturated rings. The predicted molar refractivity (Wildman–Crippen MR) is 102 cm³/mol. The van der Waals surface area contributed by atoms with Gasteiger partial charge in [0, 0.05) is 11.8 Å². The van der Waals surface area contributed by atoms with E-state index >= 15 is 0 Å². The highest BCUT2D eigenvalue weighted by molar-refractivity contribution is 5.95. The second kappa shape index (κ2) is 8.93. The summed E-state index contributed by atoms with van der Waals surface area (Å²) in [7, 11) is 0. The molecule has 0 bridgehead atoms. The quantitative estimate of drug-likeness (QED) is 0.452. The number of ether oxygens (including phenoxy) is 1. The molecule has 9 nitrogen and oxygen atoms in total. The number of nitrogens with one attached hydrogen (secondary N) is 2. The molecule has 1 aliphatic carbocycles. The number of esters is 1. The molecule has 1 saturated carbocycles. The van der Waals surface area contributed by atoms with Gasteiger partial charge in [0.1, 0.15) is 6.10 Å². The Hall–Kier alpha value is -3.10. The Kier molecular flexibility index (Phi) is 6.36. The van der Waals surface area contributed by atoms with Gasteiger partial charge in [0.25, 0.3) is 5.69 Å². The van der Waals surface area contributed by atoms with Gasteiger partial charge in [-0.15, -0.1) is 0 Å². The van der Waals surface area contributed by atoms with Gasteiger partial charge in [-0.3, -0.25) is 10.1 Å². The molecule has 9 heteroatoms. The van der Waals surface area contributed by atoms with Crippen LogP contribution < -0.4 is 15.7 Å². The number of carbonyl (C=O) groups is 2. The number of nitro benzene ring substituents is 1. The van der Waals surface area contributed by atoms with Crippen molar-refractivity contribution >= 4 is 17.7 Å². The maximum absolute atomic E-state index is 13.0. The van der Waals surface area contributed by atoms with Crippen molar-refractivity contribution < 1.29 is 24.4 Å². The lowest BCUT2D eigenvalue weighted by Gasteiger charge is -2.30. The Morgan fingerprint density at radius 3 is 2.48 bits per heavy atom. The topological polar surface area (TPSA) is 134 Å². The molecule has 0 radical (unpaired) electrons. The number of benzene rings is 1. The zero-order valence-electron chi connectivity index (χ0n) is 16.2. The lowest BCUT2D eigenvalue weighted by Crippen LogP contribution is -2.45. The molecule has 1 aromatic rings. The summed E-state index contributed by atoms with van der Waals surface area (Å²) in [5, 5.41) is 28.0. The van der Waals surface area contributed by atoms with E-state index in [2.05, 4.69) is 10.6 Å². The van der Waals surface area contributed by atoms with Gasteiger partial charge in [-0.25, -0.2) is 9.59 Å². The van der Waals surface area contributed by atoms with Crippen LogP contribution in [0.2, 0.25) is 0 Å². The molecule has 2 amide bonds. The number of allylic oxidation sites excluding steroid dienone is 1. The standard InChI is InChI=1S/C20H25N3O6/c1-12-17(19(25)29-14-7-5-3-2-4-6-8-14)18(22-20(26)21-12)13-9-10-16(24)15(11-13)23(27)28/h9-11,14,18,24H,2-8H2,1H3,(H2,21,22,26)/p-1/t18-/m1/s1. The fourth-order valence-electron chi connectivity index (χ4n) is 3.82. The second-order valence-electron chi connectivity index (χ2n) is 7.43. The van der Waals surface area contributed by atoms with E-state index in [1.807, 2.05) is 0 Å². The fourth-order valence-corrected chi connectivity index (χ4v) is 3.82. The van der Waals surface area contributed by atoms with Gasteiger partial charge < -0.3 is 20.5 Å². The smallest absolute Gasteiger partial charge is 0.338 e. The fraction of sp³-hybridized carbons (Fsp3) is 0.500. The van der Waals surface area contributed by atoms with Gasteiger partial charge in [-0.1, -0.05) is 31.4 Å². The first-order valence-corrected chi connectivity index (χ1v) is 9.81. The Balaban J connectivity index is 1.88. The first-order valence-electron chi connectivity index (χ1n) is 9.81. The third kappa shape index (κ3) is 4.85. The number of hydrogen-bond donors (Lipinski definition) is 2. The molecule has 156 valence electrons. The molecule has 0 unspecified atom stereocenters. The van der Waals surface area contributed by atoms with Crippen molar-refractivity contribution in [2.45, 2.75) is 64.0 Å². The zero-order valence-corrected chi connectivity index (χ0v) is 16.2. The zero-order chi connectivity index (χ0) is 21.0. The molecule has 0 saturated heterocycles. The van der Waals surface area contributed by atoms with E-state index in [1.54, 1.807) is 6.92 Å². The third-order valence-electron chi connectivity index (χ3n) is 5.33. The maximum Gasteiger partial charge on any atom is 0.338 e. The van der Waals surface area contributed by atoms with Gasteiger partial charge in [0.2, 0.25) is 0 Å². The van der Waals surface area contributed by atoms with E-state index in [-0.39, 0.29) is 17.2 Å². The monoisotopic (exact) mass is 402 g/mol. The van der Waals surface area contributed by atoms with Crippen molar-refractivity contribution in [2.24, 2.45) is 0 Å². The van der Waals surface area contributed by atoms with Crippen LogP contribution in [0.3, 0.4) is 0 Å². The molecule has 29 heavy (non-hydrogen) atoms. The summed E-state index contributed by atoms with van der Waals surface area (Å²) < 4.78 is 5.74. The van der Waals surface area contributed by atoms with Crippen LogP contribution in [0.4, 0.5) is 10.5 Å². The van der Waals surface area contributed by atoms with Crippen LogP contribution in [0.5, 0.6) is 5.75 Å². The minimum absolute atomic E-state index is 0.180. The Labute approximate surface area is 168 Å². The van der Waals surface area contributed by atoms with Gasteiger partial charge in [0.05, 0.1) is 16.5 Å². The van der Waals surface area contributed by atoms with Crippen molar-refractivity contribution in [1.82, 2.24) is 10.6 Å². The van der Waals surface area contributed by atoms with Crippen LogP contribution >= 0.6 is 0 Å². The van der Waals surface area contributed by atoms with Crippen LogP contribution in [-0.2, 0) is 9.53 Å². The highest BCUT2D eigenvalue weighted by Crippen LogP contribution is 2.33. The summed E-state index contributed by atoms with van der Waals surface area (Å²) in [6.45, 7) is 1.58. The summed E-state index contributed by atoms with van der Waals surface area (Å²) in [5.74, 6) is -1.31. The predicted octanol–water partition coefficient (Wildman–Crippen LogP) is 2.95. The van der Waals surface area contributed by atoms with Crippen LogP contribution in [0.15, 0.2) is 29.5 Å². The highest BCUT2D eigenvalue weighted by Gasteiger charge is 2.34. The van der Waals surface area contributed by atoms with E-state index in [0.717, 1.165) is 50.7 Å². The van der Waals surface area contributed by atoms with Gasteiger partial charge in [-0.05, 0) is 43.9 Å². The Morgan fingerprint density at radius 2 is 1.83 bits per heavy atom. The van der Waals surface area contributed by atoms with Crippen LogP contribution in [0.1, 0.15) is 63.5 Å². The lowest BCUT2D eigenvalue weighted by atomic mass is 9.94. The highest BCUT2D eigenvalue weighted by atomic mass is 16.6. The molecule has 1 aliphatic heterocycles. The van der Waals surface area contributed by atoms with E-state index < -0.39 is 34.4 Å². The maximum atomic E-state index is 13.0. The van der Waals surface area contributed by atoms with E-state index in [1.165, 1.54) is 12.5 Å². The minimum atomic E-state index is -0.941. The molecule has 0 spiro atoms. The summed E-state index contributed by atoms with van der Waals surface area (Å²) in [6.07, 6.45) is 6.79. The summed E-state index contributed by atoms with van der Waals surface area (Å²) >= 11 is 0. The molecule has 2 aliphatic rings. The van der Waals surface area contributed by atoms with Crippen molar-refractivity contribution in [2.75, 3.05) is 0 Å². The molecular formula is C20H24N3O6-. The van der Waals surface area contributed by atoms with Crippen LogP contribution in [0.25, 0.3) is 0 Å². The van der Waals surface area contributed by atoms with Crippen LogP contribution in [0, 0.1) is 10.1 Å². The number of carbonyl (C=O) groups excluding carboxylic acids is 2. The average Bonchev–Trinajstić information content (AvgIpc) is 2.63. The average molecular weight is 402 g/mol. The number of hydrogen-bond acceptors (Lipinski definition) is 6. The van der Waals surface area contributed by atoms with E-state index in [0.29, 0.717) is 5.70 Å². The first-order chi connectivity index (χ1) is 13.9. The van der Waals surface area contributed by atoms with Crippen LogP contribution in [-0.4, -0.2) is 23.0 Å². The molecular weight excluding hydrogens is 378 g/mol. The summed E-state index contributed by atoms with van der Waals surface area (Å²) in [6, 6.07) is 2.05. The number of urea groups is 1. The van der Waals surface area contributed by atoms with Gasteiger partial charge in [0.15, 0.2) is 0 Å². The largest absolute Gasteiger partial charge is 0.868 e. The van der Waals surface area contributed by atoms with Crippen molar-refractivity contribution in [1.29, 1.82) is 0 Å². The van der Waals surface area contributed by atoms with E-state index in [9.17, 15) is 24.8 Å². The van der Waals surface area contributed by atoms with E-state index in [4.69, 9.17) is 4.74 Å². The Bertz CT molecular complexity index is 843. The number of amides is 2. The minimum Gasteiger partial charge on any atom is -0.868 e. The lowest BCUT2D eigenvalue weighted by molar-refractivity contribution is -0.398. The van der Waals surface area contributed by atoms with Crippen molar-refractivity contribution in [3.63, 3.8) is 0 Å². The third-order valence-corrected chi connectivity index (χ3v) is 5.33. The number of rotatable bonds is 4. The SMILES string of the molecule is CC1=C(C(=O)OC2CCCCCCC2)[C@@H](c2ccc([O-])c([N+](=O)[O-])c2)NC(=O)N1. The van der Waals surface area contributed by atoms with Crippen molar-refractivity contribution in [3.8, 4) is 5.75 Å². The Morgan fingerprint density at radius 1 is 1.17 bits per heavy atom. The molecule has 1 atom stereocenters. The normalized spacial score (nSPS) is 20.9. The number of nitro groups is 1. The van der Waals surface area contributed by atoms with Gasteiger partial charge in [-0.2, -0.15) is 0 Å². The molecule has 1 aromatic carbocycles. The summed E-state index contributed by atoms with van der Waals surface area (Å²) in [4.78, 5) is 35.3. The molecule has 2 N–H and O–H groups in total. The second-order valence-corrected chi connectivity index (χ2v) is 7.43. The molecule has 3 rings (SSSR count).